The maximum Gasteiger partial charge on any atom is 0.293 e. The van der Waals surface area contributed by atoms with E-state index in [-0.39, 0.29) is 11.4 Å². The van der Waals surface area contributed by atoms with Crippen molar-refractivity contribution in [2.75, 3.05) is 12.3 Å². The molecule has 0 aromatic carbocycles. The normalized spacial score (nSPS) is 19.5. The van der Waals surface area contributed by atoms with E-state index >= 15 is 0 Å². The molecule has 1 fully saturated rings. The van der Waals surface area contributed by atoms with E-state index in [4.69, 9.17) is 10.5 Å². The SMILES string of the molecule is Nc1nc2c(n(CC3CC3)c1=O)CCOC2. The molecule has 0 bridgehead atoms. The average molecular weight is 221 g/mol. The Labute approximate surface area is 93.2 Å². The van der Waals surface area contributed by atoms with Gasteiger partial charge in [0.05, 0.1) is 18.9 Å². The molecule has 5 nitrogen and oxygen atoms in total. The van der Waals surface area contributed by atoms with E-state index in [0.29, 0.717) is 19.1 Å². The predicted octanol–water partition coefficient (Wildman–Crippen LogP) is 0.308. The highest BCUT2D eigenvalue weighted by Gasteiger charge is 2.26. The summed E-state index contributed by atoms with van der Waals surface area (Å²) >= 11 is 0. The molecular formula is C11H15N3O2. The zero-order valence-corrected chi connectivity index (χ0v) is 9.11. The van der Waals surface area contributed by atoms with Crippen molar-refractivity contribution >= 4 is 5.82 Å². The first-order chi connectivity index (χ1) is 7.75. The van der Waals surface area contributed by atoms with Crippen molar-refractivity contribution < 1.29 is 4.74 Å². The standard InChI is InChI=1S/C11H15N3O2/c12-10-11(15)14(5-7-1-2-7)9-3-4-16-6-8(9)13-10/h7H,1-6H2,(H2,12,13). The van der Waals surface area contributed by atoms with Crippen molar-refractivity contribution in [3.05, 3.63) is 21.7 Å². The largest absolute Gasteiger partial charge is 0.379 e. The van der Waals surface area contributed by atoms with Gasteiger partial charge in [0, 0.05) is 18.7 Å². The summed E-state index contributed by atoms with van der Waals surface area (Å²) in [5.74, 6) is 0.761. The highest BCUT2D eigenvalue weighted by molar-refractivity contribution is 5.30. The van der Waals surface area contributed by atoms with Crippen LogP contribution in [0.3, 0.4) is 0 Å². The quantitative estimate of drug-likeness (QED) is 0.780. The highest BCUT2D eigenvalue weighted by Crippen LogP contribution is 2.31. The second-order valence-electron chi connectivity index (χ2n) is 4.55. The number of nitrogens with zero attached hydrogens (tertiary/aromatic N) is 2. The molecule has 16 heavy (non-hydrogen) atoms. The maximum absolute atomic E-state index is 11.9. The minimum absolute atomic E-state index is 0.102. The molecule has 1 aliphatic carbocycles. The van der Waals surface area contributed by atoms with Gasteiger partial charge in [-0.15, -0.1) is 0 Å². The van der Waals surface area contributed by atoms with E-state index in [0.717, 1.165) is 24.4 Å². The van der Waals surface area contributed by atoms with E-state index in [9.17, 15) is 4.79 Å². The second kappa shape index (κ2) is 3.59. The van der Waals surface area contributed by atoms with Crippen molar-refractivity contribution in [1.29, 1.82) is 0 Å². The molecule has 86 valence electrons. The third-order valence-electron chi connectivity index (χ3n) is 3.24. The Morgan fingerprint density at radius 2 is 2.31 bits per heavy atom. The molecular weight excluding hydrogens is 206 g/mol. The molecule has 3 rings (SSSR count). The van der Waals surface area contributed by atoms with Crippen LogP contribution >= 0.6 is 0 Å². The van der Waals surface area contributed by atoms with Crippen LogP contribution in [0, 0.1) is 5.92 Å². The molecule has 0 saturated heterocycles. The average Bonchev–Trinajstić information content (AvgIpc) is 3.08. The fourth-order valence-electron chi connectivity index (χ4n) is 2.16. The number of rotatable bonds is 2. The van der Waals surface area contributed by atoms with Gasteiger partial charge in [0.2, 0.25) is 0 Å². The summed E-state index contributed by atoms with van der Waals surface area (Å²) in [6.45, 7) is 1.95. The molecule has 5 heteroatoms. The molecule has 1 saturated carbocycles. The number of anilines is 1. The van der Waals surface area contributed by atoms with E-state index in [1.165, 1.54) is 12.8 Å². The number of hydrogen-bond acceptors (Lipinski definition) is 4. The second-order valence-corrected chi connectivity index (χ2v) is 4.55. The Morgan fingerprint density at radius 1 is 1.50 bits per heavy atom. The van der Waals surface area contributed by atoms with Gasteiger partial charge in [-0.05, 0) is 18.8 Å². The first kappa shape index (κ1) is 9.84. The number of nitrogen functional groups attached to an aromatic ring is 1. The van der Waals surface area contributed by atoms with Crippen molar-refractivity contribution in [2.24, 2.45) is 5.92 Å². The van der Waals surface area contributed by atoms with Gasteiger partial charge >= 0.3 is 0 Å². The maximum atomic E-state index is 11.9. The molecule has 2 N–H and O–H groups in total. The Kier molecular flexibility index (Phi) is 2.21. The van der Waals surface area contributed by atoms with Gasteiger partial charge in [-0.1, -0.05) is 0 Å². The molecule has 0 amide bonds. The van der Waals surface area contributed by atoms with Gasteiger partial charge in [0.15, 0.2) is 5.82 Å². The lowest BCUT2D eigenvalue weighted by Gasteiger charge is -2.20. The molecule has 0 unspecified atom stereocenters. The molecule has 1 aliphatic heterocycles. The molecule has 0 spiro atoms. The summed E-state index contributed by atoms with van der Waals surface area (Å²) in [4.78, 5) is 16.1. The molecule has 1 aromatic rings. The van der Waals surface area contributed by atoms with Gasteiger partial charge in [0.25, 0.3) is 5.56 Å². The van der Waals surface area contributed by atoms with E-state index in [2.05, 4.69) is 4.98 Å². The first-order valence-corrected chi connectivity index (χ1v) is 5.71. The molecule has 1 aromatic heterocycles. The smallest absolute Gasteiger partial charge is 0.293 e. The summed E-state index contributed by atoms with van der Waals surface area (Å²) in [7, 11) is 0. The van der Waals surface area contributed by atoms with Crippen molar-refractivity contribution in [3.8, 4) is 0 Å². The zero-order valence-electron chi connectivity index (χ0n) is 9.11. The molecule has 0 atom stereocenters. The Morgan fingerprint density at radius 3 is 3.06 bits per heavy atom. The molecule has 0 radical (unpaired) electrons. The van der Waals surface area contributed by atoms with Gasteiger partial charge in [-0.3, -0.25) is 4.79 Å². The van der Waals surface area contributed by atoms with Crippen LogP contribution < -0.4 is 11.3 Å². The van der Waals surface area contributed by atoms with Gasteiger partial charge in [-0.25, -0.2) is 4.98 Å². The fraction of sp³-hybridized carbons (Fsp3) is 0.636. The van der Waals surface area contributed by atoms with E-state index in [1.807, 2.05) is 4.57 Å². The van der Waals surface area contributed by atoms with Gasteiger partial charge < -0.3 is 15.0 Å². The minimum Gasteiger partial charge on any atom is -0.379 e. The van der Waals surface area contributed by atoms with Crippen LogP contribution in [0.4, 0.5) is 5.82 Å². The lowest BCUT2D eigenvalue weighted by atomic mass is 10.2. The molecule has 2 aliphatic rings. The predicted molar refractivity (Wildman–Crippen MR) is 59.0 cm³/mol. The highest BCUT2D eigenvalue weighted by atomic mass is 16.5. The van der Waals surface area contributed by atoms with Gasteiger partial charge in [-0.2, -0.15) is 0 Å². The third kappa shape index (κ3) is 1.61. The lowest BCUT2D eigenvalue weighted by molar-refractivity contribution is 0.103. The Balaban J connectivity index is 2.10. The van der Waals surface area contributed by atoms with Gasteiger partial charge in [0.1, 0.15) is 0 Å². The van der Waals surface area contributed by atoms with Crippen LogP contribution in [0.25, 0.3) is 0 Å². The first-order valence-electron chi connectivity index (χ1n) is 5.71. The summed E-state index contributed by atoms with van der Waals surface area (Å²) in [6.07, 6.45) is 3.21. The summed E-state index contributed by atoms with van der Waals surface area (Å²) < 4.78 is 7.15. The summed E-state index contributed by atoms with van der Waals surface area (Å²) in [5, 5.41) is 0. The summed E-state index contributed by atoms with van der Waals surface area (Å²) in [6, 6.07) is 0. The van der Waals surface area contributed by atoms with Crippen molar-refractivity contribution in [3.63, 3.8) is 0 Å². The lowest BCUT2D eigenvalue weighted by Crippen LogP contribution is -2.32. The van der Waals surface area contributed by atoms with Crippen LogP contribution in [0.5, 0.6) is 0 Å². The van der Waals surface area contributed by atoms with Crippen molar-refractivity contribution in [1.82, 2.24) is 9.55 Å². The number of fused-ring (bicyclic) bond motifs is 1. The van der Waals surface area contributed by atoms with Crippen LogP contribution in [0.2, 0.25) is 0 Å². The Hall–Kier alpha value is -1.36. The fourth-order valence-corrected chi connectivity index (χ4v) is 2.16. The van der Waals surface area contributed by atoms with Crippen LogP contribution in [-0.2, 0) is 24.3 Å². The topological polar surface area (TPSA) is 70.1 Å². The van der Waals surface area contributed by atoms with Crippen LogP contribution in [-0.4, -0.2) is 16.2 Å². The Bertz CT molecular complexity index is 477. The van der Waals surface area contributed by atoms with Crippen molar-refractivity contribution in [2.45, 2.75) is 32.4 Å². The van der Waals surface area contributed by atoms with Crippen LogP contribution in [0.1, 0.15) is 24.2 Å². The molecule has 2 heterocycles. The number of nitrogens with two attached hydrogens (primary N) is 1. The third-order valence-corrected chi connectivity index (χ3v) is 3.24. The zero-order chi connectivity index (χ0) is 11.1. The number of aromatic nitrogens is 2. The minimum atomic E-state index is -0.132. The van der Waals surface area contributed by atoms with Crippen LogP contribution in [0.15, 0.2) is 4.79 Å². The summed E-state index contributed by atoms with van der Waals surface area (Å²) in [5.41, 5.74) is 7.37. The monoisotopic (exact) mass is 221 g/mol. The number of hydrogen-bond donors (Lipinski definition) is 1. The number of ether oxygens (including phenoxy) is 1. The van der Waals surface area contributed by atoms with E-state index in [1.54, 1.807) is 0 Å². The van der Waals surface area contributed by atoms with E-state index < -0.39 is 0 Å².